The number of hydrogen-bond donors (Lipinski definition) is 2. The van der Waals surface area contributed by atoms with Crippen LogP contribution in [0.25, 0.3) is 0 Å². The molecule has 1 atom stereocenters. The number of anilines is 2. The number of nitrogens with two attached hydrogens (primary N) is 1. The maximum Gasteiger partial charge on any atom is 0.240 e. The van der Waals surface area contributed by atoms with Gasteiger partial charge in [-0.15, -0.1) is 12.4 Å². The van der Waals surface area contributed by atoms with Crippen LogP contribution in [-0.2, 0) is 9.59 Å². The summed E-state index contributed by atoms with van der Waals surface area (Å²) in [4.78, 5) is 25.1. The number of ether oxygens (including phenoxy) is 1. The van der Waals surface area contributed by atoms with Crippen LogP contribution < -0.4 is 20.7 Å². The van der Waals surface area contributed by atoms with E-state index in [9.17, 15) is 9.59 Å². The molecule has 1 heterocycles. The number of halogens is 1. The van der Waals surface area contributed by atoms with Crippen molar-refractivity contribution >= 4 is 35.6 Å². The molecule has 1 aliphatic heterocycles. The lowest BCUT2D eigenvalue weighted by Crippen LogP contribution is -2.32. The van der Waals surface area contributed by atoms with Crippen molar-refractivity contribution in [2.24, 2.45) is 5.73 Å². The van der Waals surface area contributed by atoms with Crippen molar-refractivity contribution in [3.63, 3.8) is 0 Å². The number of rotatable bonds is 4. The number of nitrogens with one attached hydrogen (secondary N) is 1. The van der Waals surface area contributed by atoms with E-state index in [1.165, 1.54) is 0 Å². The third-order valence-electron chi connectivity index (χ3n) is 3.22. The lowest BCUT2D eigenvalue weighted by Gasteiger charge is -2.20. The van der Waals surface area contributed by atoms with Crippen molar-refractivity contribution < 1.29 is 14.3 Å². The van der Waals surface area contributed by atoms with Crippen molar-refractivity contribution in [3.8, 4) is 5.75 Å². The van der Waals surface area contributed by atoms with Crippen molar-refractivity contribution in [2.45, 2.75) is 25.8 Å². The summed E-state index contributed by atoms with van der Waals surface area (Å²) < 4.78 is 5.28. The summed E-state index contributed by atoms with van der Waals surface area (Å²) in [5, 5.41) is 2.71. The molecule has 0 radical (unpaired) electrons. The zero-order valence-electron chi connectivity index (χ0n) is 12.1. The molecular formula is C14H20ClN3O3. The first kappa shape index (κ1) is 17.3. The Balaban J connectivity index is 0.00000220. The van der Waals surface area contributed by atoms with E-state index in [0.29, 0.717) is 30.1 Å². The van der Waals surface area contributed by atoms with E-state index in [4.69, 9.17) is 10.5 Å². The van der Waals surface area contributed by atoms with Gasteiger partial charge in [0.05, 0.1) is 18.8 Å². The summed E-state index contributed by atoms with van der Waals surface area (Å²) in [6.07, 6.45) is 1.37. The van der Waals surface area contributed by atoms with Crippen LogP contribution in [0, 0.1) is 0 Å². The minimum Gasteiger partial charge on any atom is -0.495 e. The van der Waals surface area contributed by atoms with Gasteiger partial charge in [0.2, 0.25) is 11.8 Å². The van der Waals surface area contributed by atoms with Gasteiger partial charge in [-0.1, -0.05) is 0 Å². The van der Waals surface area contributed by atoms with Crippen molar-refractivity contribution in [3.05, 3.63) is 18.2 Å². The summed E-state index contributed by atoms with van der Waals surface area (Å²) in [6, 6.07) is 4.61. The normalized spacial score (nSPS) is 15.4. The largest absolute Gasteiger partial charge is 0.495 e. The summed E-state index contributed by atoms with van der Waals surface area (Å²) in [5.74, 6) is 0.409. The molecule has 1 saturated heterocycles. The van der Waals surface area contributed by atoms with Gasteiger partial charge in [0.1, 0.15) is 5.75 Å². The van der Waals surface area contributed by atoms with Crippen LogP contribution in [0.1, 0.15) is 19.8 Å². The number of carbonyl (C=O) groups excluding carboxylic acids is 2. The molecule has 1 aromatic carbocycles. The fourth-order valence-corrected chi connectivity index (χ4v) is 2.14. The van der Waals surface area contributed by atoms with Gasteiger partial charge in [-0.2, -0.15) is 0 Å². The highest BCUT2D eigenvalue weighted by molar-refractivity contribution is 5.99. The van der Waals surface area contributed by atoms with Gasteiger partial charge in [0, 0.05) is 18.7 Å². The highest BCUT2D eigenvalue weighted by atomic mass is 35.5. The predicted molar refractivity (Wildman–Crippen MR) is 84.1 cm³/mol. The maximum absolute atomic E-state index is 11.8. The molecule has 7 heteroatoms. The Kier molecular flexibility index (Phi) is 5.99. The predicted octanol–water partition coefficient (Wildman–Crippen LogP) is 1.53. The Bertz CT molecular complexity index is 534. The minimum absolute atomic E-state index is 0. The van der Waals surface area contributed by atoms with Gasteiger partial charge in [-0.3, -0.25) is 9.59 Å². The van der Waals surface area contributed by atoms with E-state index in [0.717, 1.165) is 6.42 Å². The van der Waals surface area contributed by atoms with Crippen LogP contribution in [-0.4, -0.2) is 31.5 Å². The Morgan fingerprint density at radius 1 is 1.48 bits per heavy atom. The van der Waals surface area contributed by atoms with Gasteiger partial charge in [0.25, 0.3) is 0 Å². The Morgan fingerprint density at radius 2 is 2.19 bits per heavy atom. The average molecular weight is 314 g/mol. The fourth-order valence-electron chi connectivity index (χ4n) is 2.14. The number of nitrogens with zero attached hydrogens (tertiary/aromatic N) is 1. The summed E-state index contributed by atoms with van der Waals surface area (Å²) in [7, 11) is 1.56. The highest BCUT2D eigenvalue weighted by Gasteiger charge is 2.25. The second kappa shape index (κ2) is 7.28. The first-order valence-corrected chi connectivity index (χ1v) is 6.58. The third-order valence-corrected chi connectivity index (χ3v) is 3.22. The zero-order valence-corrected chi connectivity index (χ0v) is 12.9. The molecular weight excluding hydrogens is 294 g/mol. The summed E-state index contributed by atoms with van der Waals surface area (Å²) in [5.41, 5.74) is 6.80. The first-order chi connectivity index (χ1) is 9.52. The van der Waals surface area contributed by atoms with E-state index in [2.05, 4.69) is 5.32 Å². The van der Waals surface area contributed by atoms with Crippen molar-refractivity contribution in [1.29, 1.82) is 0 Å². The molecule has 1 aliphatic rings. The van der Waals surface area contributed by atoms with Gasteiger partial charge < -0.3 is 20.7 Å². The molecule has 3 N–H and O–H groups in total. The molecule has 1 fully saturated rings. The lowest BCUT2D eigenvalue weighted by atomic mass is 10.2. The fraction of sp³-hybridized carbons (Fsp3) is 0.429. The third kappa shape index (κ3) is 3.86. The minimum atomic E-state index is -0.589. The summed E-state index contributed by atoms with van der Waals surface area (Å²) in [6.45, 7) is 2.28. The Morgan fingerprint density at radius 3 is 2.71 bits per heavy atom. The number of methoxy groups -OCH3 is 1. The average Bonchev–Trinajstić information content (AvgIpc) is 2.84. The smallest absolute Gasteiger partial charge is 0.240 e. The second-order valence-corrected chi connectivity index (χ2v) is 4.81. The van der Waals surface area contributed by atoms with E-state index >= 15 is 0 Å². The van der Waals surface area contributed by atoms with Crippen LogP contribution in [0.3, 0.4) is 0 Å². The molecule has 0 saturated carbocycles. The molecule has 116 valence electrons. The van der Waals surface area contributed by atoms with Crippen molar-refractivity contribution in [1.82, 2.24) is 0 Å². The van der Waals surface area contributed by atoms with E-state index < -0.39 is 6.04 Å². The zero-order chi connectivity index (χ0) is 14.7. The standard InChI is InChI=1S/C14H19N3O3.ClH/c1-9(15)14(19)16-10-5-6-12(20-2)11(8-10)17-7-3-4-13(17)18;/h5-6,8-9H,3-4,7,15H2,1-2H3,(H,16,19);1H. The number of carbonyl (C=O) groups is 2. The molecule has 0 aromatic heterocycles. The summed E-state index contributed by atoms with van der Waals surface area (Å²) >= 11 is 0. The number of hydrogen-bond acceptors (Lipinski definition) is 4. The maximum atomic E-state index is 11.8. The molecule has 6 nitrogen and oxygen atoms in total. The van der Waals surface area contributed by atoms with E-state index in [1.807, 2.05) is 0 Å². The lowest BCUT2D eigenvalue weighted by molar-refractivity contribution is -0.117. The van der Waals surface area contributed by atoms with Crippen molar-refractivity contribution in [2.75, 3.05) is 23.9 Å². The number of amides is 2. The van der Waals surface area contributed by atoms with Crippen LogP contribution in [0.5, 0.6) is 5.75 Å². The molecule has 2 rings (SSSR count). The Hall–Kier alpha value is -1.79. The monoisotopic (exact) mass is 313 g/mol. The van der Waals surface area contributed by atoms with Gasteiger partial charge in [0.15, 0.2) is 0 Å². The molecule has 0 aliphatic carbocycles. The molecule has 1 aromatic rings. The highest BCUT2D eigenvalue weighted by Crippen LogP contribution is 2.33. The SMILES string of the molecule is COc1ccc(NC(=O)C(C)N)cc1N1CCCC1=O.Cl. The second-order valence-electron chi connectivity index (χ2n) is 4.81. The molecule has 0 spiro atoms. The van der Waals surface area contributed by atoms with Crippen LogP contribution in [0.2, 0.25) is 0 Å². The van der Waals surface area contributed by atoms with Crippen LogP contribution in [0.4, 0.5) is 11.4 Å². The molecule has 0 bridgehead atoms. The van der Waals surface area contributed by atoms with Gasteiger partial charge in [-0.05, 0) is 31.5 Å². The first-order valence-electron chi connectivity index (χ1n) is 6.58. The van der Waals surface area contributed by atoms with E-state index in [-0.39, 0.29) is 24.2 Å². The van der Waals surface area contributed by atoms with Gasteiger partial charge in [-0.25, -0.2) is 0 Å². The van der Waals surface area contributed by atoms with Crippen LogP contribution >= 0.6 is 12.4 Å². The van der Waals surface area contributed by atoms with Gasteiger partial charge >= 0.3 is 0 Å². The quantitative estimate of drug-likeness (QED) is 0.883. The molecule has 1 unspecified atom stereocenters. The molecule has 21 heavy (non-hydrogen) atoms. The Labute approximate surface area is 130 Å². The molecule has 2 amide bonds. The van der Waals surface area contributed by atoms with E-state index in [1.54, 1.807) is 37.1 Å². The van der Waals surface area contributed by atoms with Crippen LogP contribution in [0.15, 0.2) is 18.2 Å². The number of benzene rings is 1. The topological polar surface area (TPSA) is 84.7 Å².